The standard InChI is InChI=1S/C13H10N2O5/c14-10-6-4-2-1-3-5(6)7(11(15)16)8(12(17)18)9(10)13(19)20/h1-4H,14H2,(H2,15,16)(H,17,18)(H,19,20). The van der Waals surface area contributed by atoms with Crippen molar-refractivity contribution in [3.8, 4) is 0 Å². The molecule has 7 heteroatoms. The predicted octanol–water partition coefficient (Wildman–Crippen LogP) is 0.917. The van der Waals surface area contributed by atoms with Crippen LogP contribution in [0.1, 0.15) is 31.1 Å². The molecule has 0 heterocycles. The highest BCUT2D eigenvalue weighted by Gasteiger charge is 2.28. The fraction of sp³-hybridized carbons (Fsp3) is 0. The van der Waals surface area contributed by atoms with E-state index in [-0.39, 0.29) is 22.0 Å². The lowest BCUT2D eigenvalue weighted by Gasteiger charge is -2.14. The molecule has 7 nitrogen and oxygen atoms in total. The van der Waals surface area contributed by atoms with Gasteiger partial charge in [0.05, 0.1) is 22.4 Å². The van der Waals surface area contributed by atoms with Crippen molar-refractivity contribution in [2.24, 2.45) is 5.73 Å². The highest BCUT2D eigenvalue weighted by Crippen LogP contribution is 2.32. The van der Waals surface area contributed by atoms with Crippen molar-refractivity contribution in [3.63, 3.8) is 0 Å². The minimum Gasteiger partial charge on any atom is -0.478 e. The van der Waals surface area contributed by atoms with Crippen LogP contribution < -0.4 is 11.5 Å². The average Bonchev–Trinajstić information content (AvgIpc) is 2.37. The summed E-state index contributed by atoms with van der Waals surface area (Å²) in [5.74, 6) is -4.14. The van der Waals surface area contributed by atoms with Crippen molar-refractivity contribution < 1.29 is 24.6 Å². The number of hydrogen-bond acceptors (Lipinski definition) is 4. The van der Waals surface area contributed by atoms with Crippen LogP contribution in [0.25, 0.3) is 10.8 Å². The molecule has 0 saturated heterocycles. The molecule has 0 spiro atoms. The van der Waals surface area contributed by atoms with E-state index >= 15 is 0 Å². The van der Waals surface area contributed by atoms with Crippen LogP contribution in [0.3, 0.4) is 0 Å². The van der Waals surface area contributed by atoms with Gasteiger partial charge in [-0.05, 0) is 5.39 Å². The van der Waals surface area contributed by atoms with E-state index in [0.717, 1.165) is 0 Å². The van der Waals surface area contributed by atoms with E-state index in [1.165, 1.54) is 12.1 Å². The number of fused-ring (bicyclic) bond motifs is 1. The number of nitrogen functional groups attached to an aromatic ring is 1. The maximum Gasteiger partial charge on any atom is 0.338 e. The first-order valence-corrected chi connectivity index (χ1v) is 5.46. The Balaban J connectivity index is 3.15. The Hall–Kier alpha value is -3.09. The van der Waals surface area contributed by atoms with Gasteiger partial charge in [-0.3, -0.25) is 4.79 Å². The topological polar surface area (TPSA) is 144 Å². The molecule has 0 bridgehead atoms. The third-order valence-electron chi connectivity index (χ3n) is 2.93. The summed E-state index contributed by atoms with van der Waals surface area (Å²) >= 11 is 0. The Morgan fingerprint density at radius 1 is 0.850 bits per heavy atom. The van der Waals surface area contributed by atoms with Gasteiger partial charge < -0.3 is 21.7 Å². The van der Waals surface area contributed by atoms with E-state index in [4.69, 9.17) is 16.6 Å². The lowest BCUT2D eigenvalue weighted by atomic mass is 9.91. The van der Waals surface area contributed by atoms with Gasteiger partial charge in [0.2, 0.25) is 5.91 Å². The SMILES string of the molecule is NC(=O)c1c(C(=O)O)c(C(=O)O)c(N)c2ccccc12. The first-order valence-electron chi connectivity index (χ1n) is 5.46. The molecule has 0 aromatic heterocycles. The Kier molecular flexibility index (Phi) is 3.03. The van der Waals surface area contributed by atoms with E-state index in [0.29, 0.717) is 0 Å². The molecular formula is C13H10N2O5. The summed E-state index contributed by atoms with van der Waals surface area (Å²) in [5.41, 5.74) is 9.03. The van der Waals surface area contributed by atoms with E-state index in [1.807, 2.05) is 0 Å². The lowest BCUT2D eigenvalue weighted by molar-refractivity contribution is 0.0650. The summed E-state index contributed by atoms with van der Waals surface area (Å²) in [6, 6.07) is 6.12. The Morgan fingerprint density at radius 3 is 1.80 bits per heavy atom. The summed E-state index contributed by atoms with van der Waals surface area (Å²) < 4.78 is 0. The van der Waals surface area contributed by atoms with Gasteiger partial charge in [-0.1, -0.05) is 24.3 Å². The number of benzene rings is 2. The number of carbonyl (C=O) groups excluding carboxylic acids is 1. The van der Waals surface area contributed by atoms with Gasteiger partial charge in [-0.25, -0.2) is 9.59 Å². The van der Waals surface area contributed by atoms with E-state index in [1.54, 1.807) is 12.1 Å². The van der Waals surface area contributed by atoms with Crippen LogP contribution in [0.15, 0.2) is 24.3 Å². The Morgan fingerprint density at radius 2 is 1.35 bits per heavy atom. The number of rotatable bonds is 3. The molecule has 0 aliphatic carbocycles. The summed E-state index contributed by atoms with van der Waals surface area (Å²) in [6.45, 7) is 0. The molecule has 0 radical (unpaired) electrons. The van der Waals surface area contributed by atoms with Crippen LogP contribution >= 0.6 is 0 Å². The average molecular weight is 274 g/mol. The van der Waals surface area contributed by atoms with Crippen LogP contribution in [-0.2, 0) is 0 Å². The van der Waals surface area contributed by atoms with Crippen LogP contribution in [-0.4, -0.2) is 28.1 Å². The number of nitrogens with two attached hydrogens (primary N) is 2. The third-order valence-corrected chi connectivity index (χ3v) is 2.93. The number of primary amides is 1. The molecule has 0 unspecified atom stereocenters. The van der Waals surface area contributed by atoms with E-state index < -0.39 is 29.0 Å². The van der Waals surface area contributed by atoms with Gasteiger partial charge in [0, 0.05) is 5.39 Å². The van der Waals surface area contributed by atoms with Gasteiger partial charge in [-0.2, -0.15) is 0 Å². The van der Waals surface area contributed by atoms with Crippen LogP contribution in [0, 0.1) is 0 Å². The Bertz CT molecular complexity index is 767. The highest BCUT2D eigenvalue weighted by atomic mass is 16.4. The number of anilines is 1. The second-order valence-electron chi connectivity index (χ2n) is 4.06. The zero-order chi connectivity index (χ0) is 15.0. The molecule has 1 amide bonds. The zero-order valence-electron chi connectivity index (χ0n) is 10.1. The number of carboxylic acids is 2. The van der Waals surface area contributed by atoms with Crippen molar-refractivity contribution in [2.75, 3.05) is 5.73 Å². The minimum atomic E-state index is -1.58. The highest BCUT2D eigenvalue weighted by molar-refractivity contribution is 6.22. The molecule has 6 N–H and O–H groups in total. The quantitative estimate of drug-likeness (QED) is 0.612. The van der Waals surface area contributed by atoms with Crippen molar-refractivity contribution in [1.29, 1.82) is 0 Å². The summed E-state index contributed by atoms with van der Waals surface area (Å²) in [4.78, 5) is 34.1. The number of carboxylic acid groups (broad SMARTS) is 2. The number of hydrogen-bond donors (Lipinski definition) is 4. The normalized spacial score (nSPS) is 10.4. The molecule has 20 heavy (non-hydrogen) atoms. The van der Waals surface area contributed by atoms with Crippen LogP contribution in [0.2, 0.25) is 0 Å². The molecule has 2 aromatic rings. The number of aromatic carboxylic acids is 2. The van der Waals surface area contributed by atoms with Gasteiger partial charge >= 0.3 is 11.9 Å². The van der Waals surface area contributed by atoms with Gasteiger partial charge in [0.15, 0.2) is 0 Å². The zero-order valence-corrected chi connectivity index (χ0v) is 10.1. The predicted molar refractivity (Wildman–Crippen MR) is 70.8 cm³/mol. The second kappa shape index (κ2) is 4.54. The monoisotopic (exact) mass is 274 g/mol. The molecule has 0 saturated carbocycles. The molecule has 102 valence electrons. The lowest BCUT2D eigenvalue weighted by Crippen LogP contribution is -2.21. The van der Waals surface area contributed by atoms with Crippen LogP contribution in [0.4, 0.5) is 5.69 Å². The minimum absolute atomic E-state index is 0.208. The van der Waals surface area contributed by atoms with Gasteiger partial charge in [0.1, 0.15) is 0 Å². The van der Waals surface area contributed by atoms with E-state index in [9.17, 15) is 19.5 Å². The molecule has 0 fully saturated rings. The number of amides is 1. The van der Waals surface area contributed by atoms with Crippen molar-refractivity contribution in [2.45, 2.75) is 0 Å². The van der Waals surface area contributed by atoms with Crippen LogP contribution in [0.5, 0.6) is 0 Å². The summed E-state index contributed by atoms with van der Waals surface area (Å²) in [5, 5.41) is 18.8. The van der Waals surface area contributed by atoms with Gasteiger partial charge in [0.25, 0.3) is 0 Å². The third kappa shape index (κ3) is 1.81. The van der Waals surface area contributed by atoms with Crippen molar-refractivity contribution >= 4 is 34.3 Å². The maximum absolute atomic E-state index is 11.6. The Labute approximate surface area is 112 Å². The molecule has 2 rings (SSSR count). The molecule has 0 aliphatic rings. The maximum atomic E-state index is 11.6. The van der Waals surface area contributed by atoms with Crippen molar-refractivity contribution in [1.82, 2.24) is 0 Å². The second-order valence-corrected chi connectivity index (χ2v) is 4.06. The molecular weight excluding hydrogens is 264 g/mol. The van der Waals surface area contributed by atoms with E-state index in [2.05, 4.69) is 0 Å². The first-order chi connectivity index (χ1) is 9.36. The summed E-state index contributed by atoms with van der Waals surface area (Å²) in [7, 11) is 0. The number of carbonyl (C=O) groups is 3. The first kappa shape index (κ1) is 13.3. The fourth-order valence-electron chi connectivity index (χ4n) is 2.16. The van der Waals surface area contributed by atoms with Gasteiger partial charge in [-0.15, -0.1) is 0 Å². The van der Waals surface area contributed by atoms with Crippen molar-refractivity contribution in [3.05, 3.63) is 41.0 Å². The summed E-state index contributed by atoms with van der Waals surface area (Å²) in [6.07, 6.45) is 0. The largest absolute Gasteiger partial charge is 0.478 e. The molecule has 2 aromatic carbocycles. The smallest absolute Gasteiger partial charge is 0.338 e. The molecule has 0 aliphatic heterocycles. The molecule has 0 atom stereocenters. The fourth-order valence-corrected chi connectivity index (χ4v) is 2.16.